The van der Waals surface area contributed by atoms with Crippen LogP contribution in [0.5, 0.6) is 0 Å². The molecule has 1 unspecified atom stereocenters. The number of aromatic nitrogens is 2. The van der Waals surface area contributed by atoms with E-state index in [1.165, 1.54) is 0 Å². The Morgan fingerprint density at radius 1 is 1.44 bits per heavy atom. The zero-order valence-electron chi connectivity index (χ0n) is 10.0. The quantitative estimate of drug-likeness (QED) is 0.749. The van der Waals surface area contributed by atoms with Gasteiger partial charge in [0.2, 0.25) is 0 Å². The predicted molar refractivity (Wildman–Crippen MR) is 67.0 cm³/mol. The lowest BCUT2D eigenvalue weighted by Gasteiger charge is -2.37. The van der Waals surface area contributed by atoms with Gasteiger partial charge in [-0.25, -0.2) is 4.98 Å². The van der Waals surface area contributed by atoms with Crippen molar-refractivity contribution < 1.29 is 0 Å². The van der Waals surface area contributed by atoms with E-state index in [1.807, 2.05) is 13.0 Å². The second kappa shape index (κ2) is 4.61. The lowest BCUT2D eigenvalue weighted by molar-refractivity contribution is 0.109. The maximum atomic E-state index is 5.16. The minimum atomic E-state index is 0.320. The van der Waals surface area contributed by atoms with E-state index < -0.39 is 0 Å². The summed E-state index contributed by atoms with van der Waals surface area (Å²) in [6, 6.07) is 2.21. The summed E-state index contributed by atoms with van der Waals surface area (Å²) in [5.74, 6) is 0.985. The first-order chi connectivity index (χ1) is 7.56. The Kier molecular flexibility index (Phi) is 3.37. The van der Waals surface area contributed by atoms with E-state index in [0.717, 1.165) is 31.2 Å². The van der Waals surface area contributed by atoms with E-state index in [4.69, 9.17) is 12.2 Å². The van der Waals surface area contributed by atoms with Gasteiger partial charge in [-0.1, -0.05) is 12.2 Å². The molecule has 1 aromatic heterocycles. The summed E-state index contributed by atoms with van der Waals surface area (Å²) in [6.45, 7) is 5.20. The Hall–Kier alpha value is -0.780. The number of aryl methyl sites for hydroxylation is 1. The third kappa shape index (κ3) is 2.48. The first kappa shape index (κ1) is 11.7. The number of aromatic amines is 1. The van der Waals surface area contributed by atoms with E-state index in [2.05, 4.69) is 33.9 Å². The number of nitrogens with zero attached hydrogens (tertiary/aromatic N) is 3. The lowest BCUT2D eigenvalue weighted by atomic mass is 10.1. The number of rotatable bonds is 1. The number of hydrogen-bond donors (Lipinski definition) is 1. The summed E-state index contributed by atoms with van der Waals surface area (Å²) in [5, 5.41) is 0. The van der Waals surface area contributed by atoms with Gasteiger partial charge in [-0.05, 0) is 27.1 Å². The molecule has 1 aromatic rings. The van der Waals surface area contributed by atoms with Gasteiger partial charge in [-0.15, -0.1) is 0 Å². The molecule has 1 atom stereocenters. The monoisotopic (exact) mass is 238 g/mol. The van der Waals surface area contributed by atoms with E-state index >= 15 is 0 Å². The molecule has 1 aliphatic heterocycles. The summed E-state index contributed by atoms with van der Waals surface area (Å²) in [4.78, 5) is 12.4. The van der Waals surface area contributed by atoms with Gasteiger partial charge >= 0.3 is 0 Å². The topological polar surface area (TPSA) is 35.2 Å². The van der Waals surface area contributed by atoms with Crippen LogP contribution in [0.4, 0.5) is 0 Å². The molecule has 2 heterocycles. The summed E-state index contributed by atoms with van der Waals surface area (Å²) >= 11 is 5.16. The molecular formula is C11H18N4S. The molecule has 88 valence electrons. The van der Waals surface area contributed by atoms with Crippen molar-refractivity contribution >= 4 is 12.2 Å². The minimum absolute atomic E-state index is 0.320. The van der Waals surface area contributed by atoms with Gasteiger partial charge in [-0.3, -0.25) is 4.90 Å². The Morgan fingerprint density at radius 2 is 2.19 bits per heavy atom. The van der Waals surface area contributed by atoms with Gasteiger partial charge in [0, 0.05) is 25.3 Å². The van der Waals surface area contributed by atoms with Crippen molar-refractivity contribution in [3.63, 3.8) is 0 Å². The average molecular weight is 238 g/mol. The molecule has 0 amide bonds. The molecule has 0 radical (unpaired) electrons. The smallest absolute Gasteiger partial charge is 0.130 e. The van der Waals surface area contributed by atoms with Crippen LogP contribution in [0.25, 0.3) is 0 Å². The van der Waals surface area contributed by atoms with Crippen molar-refractivity contribution in [2.75, 3.05) is 33.7 Å². The van der Waals surface area contributed by atoms with Gasteiger partial charge < -0.3 is 9.88 Å². The van der Waals surface area contributed by atoms with E-state index in [-0.39, 0.29) is 0 Å². The van der Waals surface area contributed by atoms with Crippen LogP contribution in [-0.2, 0) is 0 Å². The molecular weight excluding hydrogens is 220 g/mol. The van der Waals surface area contributed by atoms with Crippen LogP contribution in [0.1, 0.15) is 17.6 Å². The van der Waals surface area contributed by atoms with E-state index in [0.29, 0.717) is 10.7 Å². The Balaban J connectivity index is 2.31. The van der Waals surface area contributed by atoms with Gasteiger partial charge in [0.25, 0.3) is 0 Å². The molecule has 5 heteroatoms. The fourth-order valence-corrected chi connectivity index (χ4v) is 2.34. The number of likely N-dealkylation sites (N-methyl/N-ethyl adjacent to an activating group) is 2. The predicted octanol–water partition coefficient (Wildman–Crippen LogP) is 1.37. The van der Waals surface area contributed by atoms with Crippen LogP contribution in [0.3, 0.4) is 0 Å². The first-order valence-electron chi connectivity index (χ1n) is 5.53. The zero-order valence-corrected chi connectivity index (χ0v) is 10.8. The minimum Gasteiger partial charge on any atom is -0.346 e. The lowest BCUT2D eigenvalue weighted by Crippen LogP contribution is -2.45. The largest absolute Gasteiger partial charge is 0.346 e. The standard InChI is InChI=1S/C11H18N4S/c1-8-6-10(16)13-11(12-8)9-7-14(2)4-5-15(9)3/h6,9H,4-5,7H2,1-3H3,(H,12,13,16). The number of nitrogens with one attached hydrogen (secondary N) is 1. The van der Waals surface area contributed by atoms with Crippen LogP contribution in [0.15, 0.2) is 6.07 Å². The Bertz CT molecular complexity index is 428. The summed E-state index contributed by atoms with van der Waals surface area (Å²) in [5.41, 5.74) is 1.08. The third-order valence-corrected chi connectivity index (χ3v) is 3.27. The summed E-state index contributed by atoms with van der Waals surface area (Å²) in [6.07, 6.45) is 0. The second-order valence-electron chi connectivity index (χ2n) is 4.55. The van der Waals surface area contributed by atoms with E-state index in [1.54, 1.807) is 0 Å². The fraction of sp³-hybridized carbons (Fsp3) is 0.636. The molecule has 2 rings (SSSR count). The highest BCUT2D eigenvalue weighted by molar-refractivity contribution is 7.71. The number of H-pyrrole nitrogens is 1. The Labute approximate surface area is 101 Å². The van der Waals surface area contributed by atoms with Gasteiger partial charge in [0.15, 0.2) is 0 Å². The molecule has 0 aliphatic carbocycles. The van der Waals surface area contributed by atoms with Gasteiger partial charge in [0.1, 0.15) is 10.5 Å². The second-order valence-corrected chi connectivity index (χ2v) is 4.96. The van der Waals surface area contributed by atoms with Crippen LogP contribution in [0, 0.1) is 11.6 Å². The number of hydrogen-bond acceptors (Lipinski definition) is 4. The SMILES string of the molecule is Cc1cc(=S)nc(C2CN(C)CCN2C)[nH]1. The molecule has 0 bridgehead atoms. The molecule has 4 nitrogen and oxygen atoms in total. The maximum absolute atomic E-state index is 5.16. The molecule has 0 spiro atoms. The molecule has 1 saturated heterocycles. The average Bonchev–Trinajstić information content (AvgIpc) is 2.20. The van der Waals surface area contributed by atoms with Crippen molar-refractivity contribution in [2.24, 2.45) is 0 Å². The fourth-order valence-electron chi connectivity index (χ4n) is 2.07. The highest BCUT2D eigenvalue weighted by atomic mass is 32.1. The van der Waals surface area contributed by atoms with Crippen molar-refractivity contribution in [1.29, 1.82) is 0 Å². The van der Waals surface area contributed by atoms with Gasteiger partial charge in [0.05, 0.1) is 6.04 Å². The Morgan fingerprint density at radius 3 is 2.88 bits per heavy atom. The van der Waals surface area contributed by atoms with Crippen LogP contribution < -0.4 is 0 Å². The molecule has 0 saturated carbocycles. The molecule has 0 aromatic carbocycles. The molecule has 16 heavy (non-hydrogen) atoms. The summed E-state index contributed by atoms with van der Waals surface area (Å²) in [7, 11) is 4.28. The molecule has 1 aliphatic rings. The highest BCUT2D eigenvalue weighted by Crippen LogP contribution is 2.20. The number of piperazine rings is 1. The highest BCUT2D eigenvalue weighted by Gasteiger charge is 2.25. The van der Waals surface area contributed by atoms with Gasteiger partial charge in [-0.2, -0.15) is 0 Å². The van der Waals surface area contributed by atoms with E-state index in [9.17, 15) is 0 Å². The summed E-state index contributed by atoms with van der Waals surface area (Å²) < 4.78 is 0.674. The molecule has 1 N–H and O–H groups in total. The third-order valence-electron chi connectivity index (χ3n) is 3.06. The maximum Gasteiger partial charge on any atom is 0.130 e. The molecule has 1 fully saturated rings. The first-order valence-corrected chi connectivity index (χ1v) is 5.94. The normalized spacial score (nSPS) is 23.6. The van der Waals surface area contributed by atoms with Crippen LogP contribution in [0.2, 0.25) is 0 Å². The van der Waals surface area contributed by atoms with Crippen molar-refractivity contribution in [3.05, 3.63) is 22.2 Å². The van der Waals surface area contributed by atoms with Crippen LogP contribution in [-0.4, -0.2) is 53.5 Å². The van der Waals surface area contributed by atoms with Crippen LogP contribution >= 0.6 is 12.2 Å². The van der Waals surface area contributed by atoms with Crippen molar-refractivity contribution in [1.82, 2.24) is 19.8 Å². The zero-order chi connectivity index (χ0) is 11.7. The van der Waals surface area contributed by atoms with Crippen molar-refractivity contribution in [2.45, 2.75) is 13.0 Å². The van der Waals surface area contributed by atoms with Crippen molar-refractivity contribution in [3.8, 4) is 0 Å².